The van der Waals surface area contributed by atoms with Crippen molar-refractivity contribution < 1.29 is 4.79 Å². The number of aromatic amines is 1. The van der Waals surface area contributed by atoms with Crippen molar-refractivity contribution in [1.82, 2.24) is 10.4 Å². The molecule has 0 radical (unpaired) electrons. The molecule has 0 aliphatic heterocycles. The van der Waals surface area contributed by atoms with Gasteiger partial charge in [-0.3, -0.25) is 10.2 Å². The molecule has 0 fully saturated rings. The summed E-state index contributed by atoms with van der Waals surface area (Å²) in [5.41, 5.74) is 4.61. The average Bonchev–Trinajstić information content (AvgIpc) is 2.64. The third kappa shape index (κ3) is 1.70. The van der Waals surface area contributed by atoms with Crippen molar-refractivity contribution in [2.24, 2.45) is 5.84 Å². The van der Waals surface area contributed by atoms with Crippen molar-refractivity contribution in [3.05, 3.63) is 35.5 Å². The molecule has 1 aromatic heterocycles. The van der Waals surface area contributed by atoms with Gasteiger partial charge in [-0.1, -0.05) is 18.2 Å². The number of carbonyl (C=O) groups is 1. The quantitative estimate of drug-likeness (QED) is 0.418. The molecule has 1 amide bonds. The fourth-order valence-electron chi connectivity index (χ4n) is 2.38. The van der Waals surface area contributed by atoms with E-state index in [1.54, 1.807) is 0 Å². The van der Waals surface area contributed by atoms with Crippen LogP contribution in [0.15, 0.2) is 24.3 Å². The van der Waals surface area contributed by atoms with Gasteiger partial charge in [-0.15, -0.1) is 0 Å². The van der Waals surface area contributed by atoms with Crippen molar-refractivity contribution in [3.8, 4) is 0 Å². The first-order valence-electron chi connectivity index (χ1n) is 5.57. The van der Waals surface area contributed by atoms with Gasteiger partial charge in [0.15, 0.2) is 0 Å². The Balaban J connectivity index is 2.70. The van der Waals surface area contributed by atoms with Gasteiger partial charge >= 0.3 is 0 Å². The first kappa shape index (κ1) is 11.7. The van der Waals surface area contributed by atoms with E-state index in [1.165, 1.54) is 0 Å². The van der Waals surface area contributed by atoms with Crippen LogP contribution >= 0.6 is 0 Å². The first-order chi connectivity index (χ1) is 7.98. The maximum atomic E-state index is 11.9. The largest absolute Gasteiger partial charge is 0.358 e. The Kier molecular flexibility index (Phi) is 2.67. The zero-order chi connectivity index (χ0) is 12.6. The zero-order valence-corrected chi connectivity index (χ0v) is 10.3. The minimum atomic E-state index is -0.654. The van der Waals surface area contributed by atoms with Crippen LogP contribution in [0.25, 0.3) is 10.9 Å². The van der Waals surface area contributed by atoms with Gasteiger partial charge < -0.3 is 4.98 Å². The van der Waals surface area contributed by atoms with Crippen LogP contribution in [-0.2, 0) is 10.2 Å². The molecule has 0 aliphatic carbocycles. The van der Waals surface area contributed by atoms with E-state index >= 15 is 0 Å². The summed E-state index contributed by atoms with van der Waals surface area (Å²) in [6, 6.07) is 7.95. The van der Waals surface area contributed by atoms with E-state index < -0.39 is 5.41 Å². The molecule has 2 rings (SSSR count). The third-order valence-corrected chi connectivity index (χ3v) is 3.22. The molecule has 0 aliphatic rings. The molecule has 0 bridgehead atoms. The van der Waals surface area contributed by atoms with E-state index in [0.717, 1.165) is 22.2 Å². The average molecular weight is 231 g/mol. The molecule has 17 heavy (non-hydrogen) atoms. The second kappa shape index (κ2) is 3.89. The summed E-state index contributed by atoms with van der Waals surface area (Å²) in [5.74, 6) is 5.06. The minimum absolute atomic E-state index is 0.189. The molecule has 4 heteroatoms. The second-order valence-corrected chi connectivity index (χ2v) is 4.77. The number of amides is 1. The number of nitrogens with two attached hydrogens (primary N) is 1. The van der Waals surface area contributed by atoms with Crippen LogP contribution in [0.2, 0.25) is 0 Å². The van der Waals surface area contributed by atoms with Crippen molar-refractivity contribution >= 4 is 16.8 Å². The van der Waals surface area contributed by atoms with Gasteiger partial charge in [0.05, 0.1) is 5.41 Å². The summed E-state index contributed by atoms with van der Waals surface area (Å²) in [5, 5.41) is 1.07. The van der Waals surface area contributed by atoms with E-state index in [2.05, 4.69) is 10.4 Å². The number of fused-ring (bicyclic) bond motifs is 1. The smallest absolute Gasteiger partial charge is 0.244 e. The monoisotopic (exact) mass is 231 g/mol. The predicted octanol–water partition coefficient (Wildman–Crippen LogP) is 1.74. The number of aromatic nitrogens is 1. The summed E-state index contributed by atoms with van der Waals surface area (Å²) < 4.78 is 0. The normalized spacial score (nSPS) is 11.8. The zero-order valence-electron chi connectivity index (χ0n) is 10.3. The van der Waals surface area contributed by atoms with Crippen LogP contribution in [0.5, 0.6) is 0 Å². The number of benzene rings is 1. The number of hydrogen-bond acceptors (Lipinski definition) is 2. The van der Waals surface area contributed by atoms with Gasteiger partial charge in [0.25, 0.3) is 0 Å². The summed E-state index contributed by atoms with van der Waals surface area (Å²) in [7, 11) is 0. The second-order valence-electron chi connectivity index (χ2n) is 4.77. The van der Waals surface area contributed by atoms with Crippen LogP contribution in [0.1, 0.15) is 25.1 Å². The Morgan fingerprint density at radius 3 is 2.65 bits per heavy atom. The molecule has 90 valence electrons. The highest BCUT2D eigenvalue weighted by Gasteiger charge is 2.33. The van der Waals surface area contributed by atoms with Crippen molar-refractivity contribution in [1.29, 1.82) is 0 Å². The molecule has 4 N–H and O–H groups in total. The van der Waals surface area contributed by atoms with E-state index in [-0.39, 0.29) is 5.91 Å². The topological polar surface area (TPSA) is 70.9 Å². The molecule has 0 atom stereocenters. The fraction of sp³-hybridized carbons (Fsp3) is 0.308. The van der Waals surface area contributed by atoms with Crippen LogP contribution in [0.3, 0.4) is 0 Å². The lowest BCUT2D eigenvalue weighted by molar-refractivity contribution is -0.125. The molecule has 0 saturated heterocycles. The summed E-state index contributed by atoms with van der Waals surface area (Å²) in [6.07, 6.45) is 0. The lowest BCUT2D eigenvalue weighted by Crippen LogP contribution is -2.43. The number of carbonyl (C=O) groups excluding carboxylic acids is 1. The molecule has 1 heterocycles. The van der Waals surface area contributed by atoms with Gasteiger partial charge in [-0.25, -0.2) is 5.84 Å². The van der Waals surface area contributed by atoms with Crippen molar-refractivity contribution in [2.45, 2.75) is 26.2 Å². The van der Waals surface area contributed by atoms with Crippen molar-refractivity contribution in [2.75, 3.05) is 0 Å². The van der Waals surface area contributed by atoms with E-state index in [1.807, 2.05) is 45.0 Å². The Morgan fingerprint density at radius 2 is 2.00 bits per heavy atom. The number of hydrazine groups is 1. The molecule has 0 saturated carbocycles. The van der Waals surface area contributed by atoms with Crippen LogP contribution in [0, 0.1) is 6.92 Å². The number of hydrogen-bond donors (Lipinski definition) is 3. The maximum absolute atomic E-state index is 11.9. The first-order valence-corrected chi connectivity index (χ1v) is 5.57. The van der Waals surface area contributed by atoms with E-state index in [9.17, 15) is 4.79 Å². The maximum Gasteiger partial charge on any atom is 0.244 e. The number of aryl methyl sites for hydroxylation is 1. The molecular weight excluding hydrogens is 214 g/mol. The summed E-state index contributed by atoms with van der Waals surface area (Å²) >= 11 is 0. The summed E-state index contributed by atoms with van der Waals surface area (Å²) in [6.45, 7) is 5.72. The lowest BCUT2D eigenvalue weighted by Gasteiger charge is -2.23. The summed E-state index contributed by atoms with van der Waals surface area (Å²) in [4.78, 5) is 15.2. The molecular formula is C13H17N3O. The Bertz CT molecular complexity index is 569. The van der Waals surface area contributed by atoms with Crippen molar-refractivity contribution in [3.63, 3.8) is 0 Å². The Hall–Kier alpha value is -1.81. The number of nitrogens with one attached hydrogen (secondary N) is 2. The van der Waals surface area contributed by atoms with Gasteiger partial charge in [0.1, 0.15) is 0 Å². The Labute approximate surface area is 100 Å². The highest BCUT2D eigenvalue weighted by Crippen LogP contribution is 2.33. The fourth-order valence-corrected chi connectivity index (χ4v) is 2.38. The molecule has 1 aromatic carbocycles. The molecule has 0 spiro atoms. The van der Waals surface area contributed by atoms with Gasteiger partial charge in [0, 0.05) is 16.6 Å². The lowest BCUT2D eigenvalue weighted by atomic mass is 9.82. The molecule has 4 nitrogen and oxygen atoms in total. The number of para-hydroxylation sites is 1. The molecule has 2 aromatic rings. The van der Waals surface area contributed by atoms with E-state index in [4.69, 9.17) is 5.84 Å². The third-order valence-electron chi connectivity index (χ3n) is 3.22. The van der Waals surface area contributed by atoms with Gasteiger partial charge in [-0.2, -0.15) is 0 Å². The SMILES string of the molecule is Cc1[nH]c2ccccc2c1C(C)(C)C(=O)NN. The van der Waals surface area contributed by atoms with Crippen LogP contribution in [0.4, 0.5) is 0 Å². The van der Waals surface area contributed by atoms with E-state index in [0.29, 0.717) is 0 Å². The molecule has 0 unspecified atom stereocenters. The number of H-pyrrole nitrogens is 1. The Morgan fingerprint density at radius 1 is 1.35 bits per heavy atom. The highest BCUT2D eigenvalue weighted by atomic mass is 16.2. The standard InChI is InChI=1S/C13H17N3O/c1-8-11(13(2,3)12(17)16-14)9-6-4-5-7-10(9)15-8/h4-7,15H,14H2,1-3H3,(H,16,17). The van der Waals surface area contributed by atoms with Crippen LogP contribution in [-0.4, -0.2) is 10.9 Å². The minimum Gasteiger partial charge on any atom is -0.358 e. The van der Waals surface area contributed by atoms with Gasteiger partial charge in [0.2, 0.25) is 5.91 Å². The van der Waals surface area contributed by atoms with Gasteiger partial charge in [-0.05, 0) is 32.4 Å². The highest BCUT2D eigenvalue weighted by molar-refractivity contribution is 5.95. The number of rotatable bonds is 2. The van der Waals surface area contributed by atoms with Crippen LogP contribution < -0.4 is 11.3 Å². The predicted molar refractivity (Wildman–Crippen MR) is 68.4 cm³/mol.